The van der Waals surface area contributed by atoms with Gasteiger partial charge in [-0.25, -0.2) is 0 Å². The van der Waals surface area contributed by atoms with E-state index in [9.17, 15) is 0 Å². The van der Waals surface area contributed by atoms with Gasteiger partial charge in [0.2, 0.25) is 0 Å². The number of nitrogens with two attached hydrogens (primary N) is 1. The third kappa shape index (κ3) is 6.25. The van der Waals surface area contributed by atoms with Crippen LogP contribution in [0, 0.1) is 0 Å². The predicted octanol–water partition coefficient (Wildman–Crippen LogP) is 3.35. The molecule has 90 valence electrons. The molecule has 0 bridgehead atoms. The van der Waals surface area contributed by atoms with Crippen LogP contribution in [0.5, 0.6) is 0 Å². The summed E-state index contributed by atoms with van der Waals surface area (Å²) in [5, 5.41) is 0. The highest BCUT2D eigenvalue weighted by molar-refractivity contribution is 5.11. The average Bonchev–Trinajstić information content (AvgIpc) is 2.80. The number of ether oxygens (including phenoxy) is 1. The van der Waals surface area contributed by atoms with Crippen molar-refractivity contribution < 1.29 is 4.74 Å². The first kappa shape index (κ1) is 14.7. The van der Waals surface area contributed by atoms with Gasteiger partial charge in [-0.1, -0.05) is 50.2 Å². The minimum atomic E-state index is 0.659. The Morgan fingerprint density at radius 1 is 1.06 bits per heavy atom. The molecule has 0 aromatic heterocycles. The Labute approximate surface area is 99.1 Å². The second kappa shape index (κ2) is 10.2. The highest BCUT2D eigenvalue weighted by Gasteiger charge is 2.08. The van der Waals surface area contributed by atoms with E-state index in [0.29, 0.717) is 6.54 Å². The summed E-state index contributed by atoms with van der Waals surface area (Å²) in [6.07, 6.45) is 1.03. The fraction of sp³-hybridized carbons (Fsp3) is 0.429. The van der Waals surface area contributed by atoms with E-state index in [-0.39, 0.29) is 0 Å². The standard InChI is InChI=1S/C6H11NO.C6H6.C2H6/c1-5-6(4-7)2-3-8-5;1-2-4-6-5-3-1;1-2/h2-4,7H2,1H3;1-6H;1-2H3. The molecule has 1 aliphatic rings. The maximum absolute atomic E-state index is 5.39. The second-order valence-electron chi connectivity index (χ2n) is 3.12. The van der Waals surface area contributed by atoms with E-state index in [4.69, 9.17) is 10.5 Å². The molecule has 0 amide bonds. The monoisotopic (exact) mass is 221 g/mol. The highest BCUT2D eigenvalue weighted by Crippen LogP contribution is 2.16. The fourth-order valence-electron chi connectivity index (χ4n) is 1.24. The van der Waals surface area contributed by atoms with Crippen LogP contribution < -0.4 is 5.73 Å². The predicted molar refractivity (Wildman–Crippen MR) is 70.1 cm³/mol. The Bertz CT molecular complexity index is 253. The molecule has 0 atom stereocenters. The number of hydrogen-bond donors (Lipinski definition) is 1. The van der Waals surface area contributed by atoms with Gasteiger partial charge in [0.05, 0.1) is 12.4 Å². The summed E-state index contributed by atoms with van der Waals surface area (Å²) < 4.78 is 5.16. The first-order valence-corrected chi connectivity index (χ1v) is 5.86. The number of benzene rings is 1. The Morgan fingerprint density at radius 2 is 1.50 bits per heavy atom. The van der Waals surface area contributed by atoms with Gasteiger partial charge in [-0.15, -0.1) is 0 Å². The molecule has 16 heavy (non-hydrogen) atoms. The van der Waals surface area contributed by atoms with Gasteiger partial charge < -0.3 is 10.5 Å². The van der Waals surface area contributed by atoms with E-state index < -0.39 is 0 Å². The molecule has 0 unspecified atom stereocenters. The van der Waals surface area contributed by atoms with Crippen LogP contribution in [0.4, 0.5) is 0 Å². The van der Waals surface area contributed by atoms with Crippen LogP contribution in [0.1, 0.15) is 27.2 Å². The minimum Gasteiger partial charge on any atom is -0.498 e. The van der Waals surface area contributed by atoms with E-state index >= 15 is 0 Å². The van der Waals surface area contributed by atoms with Gasteiger partial charge in [-0.2, -0.15) is 0 Å². The van der Waals surface area contributed by atoms with Crippen LogP contribution in [0.2, 0.25) is 0 Å². The average molecular weight is 221 g/mol. The van der Waals surface area contributed by atoms with Crippen LogP contribution in [0.3, 0.4) is 0 Å². The molecule has 1 heterocycles. The van der Waals surface area contributed by atoms with Crippen molar-refractivity contribution in [2.75, 3.05) is 13.2 Å². The van der Waals surface area contributed by atoms with E-state index in [1.807, 2.05) is 57.2 Å². The van der Waals surface area contributed by atoms with Gasteiger partial charge in [0.25, 0.3) is 0 Å². The van der Waals surface area contributed by atoms with Gasteiger partial charge >= 0.3 is 0 Å². The normalized spacial score (nSPS) is 13.0. The number of rotatable bonds is 1. The summed E-state index contributed by atoms with van der Waals surface area (Å²) in [7, 11) is 0. The first-order valence-electron chi connectivity index (χ1n) is 5.86. The molecule has 0 radical (unpaired) electrons. The Hall–Kier alpha value is -1.28. The first-order chi connectivity index (χ1) is 7.84. The molecule has 2 heteroatoms. The molecule has 0 saturated carbocycles. The van der Waals surface area contributed by atoms with Gasteiger partial charge in [0.15, 0.2) is 0 Å². The summed E-state index contributed by atoms with van der Waals surface area (Å²) in [4.78, 5) is 0. The highest BCUT2D eigenvalue weighted by atomic mass is 16.5. The van der Waals surface area contributed by atoms with Gasteiger partial charge in [0.1, 0.15) is 0 Å². The van der Waals surface area contributed by atoms with E-state index in [1.54, 1.807) is 0 Å². The zero-order valence-electron chi connectivity index (χ0n) is 10.6. The van der Waals surface area contributed by atoms with Crippen molar-refractivity contribution in [1.82, 2.24) is 0 Å². The van der Waals surface area contributed by atoms with Crippen molar-refractivity contribution in [1.29, 1.82) is 0 Å². The van der Waals surface area contributed by atoms with Crippen LogP contribution in [-0.4, -0.2) is 13.2 Å². The lowest BCUT2D eigenvalue weighted by Crippen LogP contribution is -2.01. The quantitative estimate of drug-likeness (QED) is 0.789. The summed E-state index contributed by atoms with van der Waals surface area (Å²) >= 11 is 0. The largest absolute Gasteiger partial charge is 0.498 e. The van der Waals surface area contributed by atoms with E-state index in [0.717, 1.165) is 18.8 Å². The molecular weight excluding hydrogens is 198 g/mol. The van der Waals surface area contributed by atoms with Crippen LogP contribution >= 0.6 is 0 Å². The summed E-state index contributed by atoms with van der Waals surface area (Å²) in [5.41, 5.74) is 6.65. The van der Waals surface area contributed by atoms with Crippen LogP contribution in [-0.2, 0) is 4.74 Å². The topological polar surface area (TPSA) is 35.2 Å². The Morgan fingerprint density at radius 3 is 1.69 bits per heavy atom. The smallest absolute Gasteiger partial charge is 0.0935 e. The molecule has 0 saturated heterocycles. The van der Waals surface area contributed by atoms with Crippen LogP contribution in [0.15, 0.2) is 47.7 Å². The Balaban J connectivity index is 0.000000251. The fourth-order valence-corrected chi connectivity index (χ4v) is 1.24. The number of hydrogen-bond acceptors (Lipinski definition) is 2. The maximum atomic E-state index is 5.39. The van der Waals surface area contributed by atoms with Gasteiger partial charge in [-0.3, -0.25) is 0 Å². The van der Waals surface area contributed by atoms with Crippen molar-refractivity contribution in [2.45, 2.75) is 27.2 Å². The van der Waals surface area contributed by atoms with E-state index in [2.05, 4.69) is 0 Å². The van der Waals surface area contributed by atoms with Gasteiger partial charge in [-0.05, 0) is 12.5 Å². The lowest BCUT2D eigenvalue weighted by molar-refractivity contribution is 0.246. The van der Waals surface area contributed by atoms with Crippen molar-refractivity contribution in [3.05, 3.63) is 47.7 Å². The molecule has 1 aliphatic heterocycles. The van der Waals surface area contributed by atoms with Crippen molar-refractivity contribution >= 4 is 0 Å². The molecular formula is C14H23NO. The van der Waals surface area contributed by atoms with Crippen LogP contribution in [0.25, 0.3) is 0 Å². The zero-order valence-corrected chi connectivity index (χ0v) is 10.6. The van der Waals surface area contributed by atoms with Crippen molar-refractivity contribution in [3.8, 4) is 0 Å². The molecule has 1 aromatic rings. The lowest BCUT2D eigenvalue weighted by Gasteiger charge is -1.93. The zero-order chi connectivity index (χ0) is 12.2. The summed E-state index contributed by atoms with van der Waals surface area (Å²) in [6, 6.07) is 12.0. The molecule has 0 spiro atoms. The van der Waals surface area contributed by atoms with E-state index in [1.165, 1.54) is 5.57 Å². The van der Waals surface area contributed by atoms with Crippen molar-refractivity contribution in [2.24, 2.45) is 5.73 Å². The van der Waals surface area contributed by atoms with Gasteiger partial charge in [0, 0.05) is 13.0 Å². The molecule has 0 aliphatic carbocycles. The summed E-state index contributed by atoms with van der Waals surface area (Å²) in [6.45, 7) is 7.46. The maximum Gasteiger partial charge on any atom is 0.0935 e. The molecule has 2 rings (SSSR count). The number of allylic oxidation sites excluding steroid dienone is 1. The minimum absolute atomic E-state index is 0.659. The molecule has 2 N–H and O–H groups in total. The third-order valence-corrected chi connectivity index (χ3v) is 2.13. The molecule has 1 aromatic carbocycles. The Kier molecular flexibility index (Phi) is 9.43. The summed E-state index contributed by atoms with van der Waals surface area (Å²) in [5.74, 6) is 1.03. The second-order valence-corrected chi connectivity index (χ2v) is 3.12. The SMILES string of the molecule is CC.CC1=C(CN)CCO1.c1ccccc1. The lowest BCUT2D eigenvalue weighted by atomic mass is 10.2. The molecule has 0 fully saturated rings. The molecule has 2 nitrogen and oxygen atoms in total. The van der Waals surface area contributed by atoms with Crippen molar-refractivity contribution in [3.63, 3.8) is 0 Å². The third-order valence-electron chi connectivity index (χ3n) is 2.13.